The number of carboxylic acids is 3. The summed E-state index contributed by atoms with van der Waals surface area (Å²) in [5.41, 5.74) is 0. The molecular weight excluding hydrogens is 372 g/mol. The zero-order valence-corrected chi connectivity index (χ0v) is 16.6. The van der Waals surface area contributed by atoms with Crippen molar-refractivity contribution >= 4 is 17.9 Å². The summed E-state index contributed by atoms with van der Waals surface area (Å²) in [4.78, 5) is 28.3. The summed E-state index contributed by atoms with van der Waals surface area (Å²) in [6, 6.07) is 0. The maximum absolute atomic E-state index is 9.45. The molecule has 0 aliphatic carbocycles. The molecule has 0 aromatic carbocycles. The summed E-state index contributed by atoms with van der Waals surface area (Å²) < 4.78 is 0. The first-order chi connectivity index (χ1) is 12.2. The first kappa shape index (κ1) is 40.0. The largest absolute Gasteiger partial charge is 0.479 e. The van der Waals surface area contributed by atoms with Crippen LogP contribution in [0.1, 0.15) is 41.5 Å². The third kappa shape index (κ3) is 115. The Balaban J connectivity index is -0.0000000506. The third-order valence-corrected chi connectivity index (χ3v) is 1.07. The van der Waals surface area contributed by atoms with Crippen LogP contribution in [0.2, 0.25) is 0 Å². The number of aliphatic hydroxyl groups excluding tert-OH is 6. The molecule has 12 nitrogen and oxygen atoms in total. The van der Waals surface area contributed by atoms with E-state index in [0.29, 0.717) is 0 Å². The fourth-order valence-corrected chi connectivity index (χ4v) is 0. The average molecular weight is 408 g/mol. The lowest BCUT2D eigenvalue weighted by Crippen LogP contribution is -2.13. The van der Waals surface area contributed by atoms with Crippen molar-refractivity contribution in [1.82, 2.24) is 0 Å². The summed E-state index contributed by atoms with van der Waals surface area (Å²) in [5.74, 6) is -3.56. The zero-order chi connectivity index (χ0) is 23.6. The lowest BCUT2D eigenvalue weighted by atomic mass is 10.4. The summed E-state index contributed by atoms with van der Waals surface area (Å²) in [7, 11) is 0. The van der Waals surface area contributed by atoms with Crippen LogP contribution >= 0.6 is 0 Å². The molecule has 0 aliphatic rings. The van der Waals surface area contributed by atoms with Gasteiger partial charge in [-0.2, -0.15) is 0 Å². The molecule has 3 atom stereocenters. The highest BCUT2D eigenvalue weighted by Gasteiger charge is 2.02. The molecule has 12 heteroatoms. The molecule has 0 fully saturated rings. The van der Waals surface area contributed by atoms with Crippen LogP contribution in [0, 0.1) is 0 Å². The van der Waals surface area contributed by atoms with Crippen molar-refractivity contribution in [3.05, 3.63) is 0 Å². The van der Waals surface area contributed by atoms with E-state index in [2.05, 4.69) is 0 Å². The van der Waals surface area contributed by atoms with Crippen LogP contribution in [0.3, 0.4) is 0 Å². The van der Waals surface area contributed by atoms with E-state index in [1.54, 1.807) is 20.8 Å². The van der Waals surface area contributed by atoms with Gasteiger partial charge >= 0.3 is 17.9 Å². The minimum absolute atomic E-state index is 0.250. The van der Waals surface area contributed by atoms with E-state index in [0.717, 1.165) is 0 Å². The van der Waals surface area contributed by atoms with Gasteiger partial charge in [0.15, 0.2) is 0 Å². The predicted octanol–water partition coefficient (Wildman–Crippen LogP) is -1.65. The molecule has 3 unspecified atom stereocenters. The van der Waals surface area contributed by atoms with E-state index >= 15 is 0 Å². The number of aliphatic hydroxyl groups is 6. The molecule has 0 saturated heterocycles. The number of carboxylic acid groups (broad SMARTS) is 3. The maximum Gasteiger partial charge on any atom is 0.332 e. The minimum Gasteiger partial charge on any atom is -0.479 e. The predicted molar refractivity (Wildman–Crippen MR) is 96.2 cm³/mol. The van der Waals surface area contributed by atoms with Crippen LogP contribution in [0.15, 0.2) is 0 Å². The highest BCUT2D eigenvalue weighted by Crippen LogP contribution is 1.74. The second-order valence-electron chi connectivity index (χ2n) is 3.99. The summed E-state index contributed by atoms with van der Waals surface area (Å²) in [5, 5.41) is 70.0. The Labute approximate surface area is 159 Å². The normalized spacial score (nSPS) is 11.1. The molecule has 9 N–H and O–H groups in total. The maximum atomic E-state index is 9.45. The SMILES string of the molecule is CC(O)C(=O)O.CC(O)C(=O)O.CC(O)C(=O)O.CCO.CCO.CCO. The molecule has 0 aromatic heterocycles. The van der Waals surface area contributed by atoms with Crippen molar-refractivity contribution in [2.45, 2.75) is 59.9 Å². The molecule has 27 heavy (non-hydrogen) atoms. The van der Waals surface area contributed by atoms with Crippen LogP contribution in [0.25, 0.3) is 0 Å². The molecule has 0 radical (unpaired) electrons. The fourth-order valence-electron chi connectivity index (χ4n) is 0. The number of carbonyl (C=O) groups is 3. The topological polar surface area (TPSA) is 233 Å². The number of hydrogen-bond acceptors (Lipinski definition) is 9. The van der Waals surface area contributed by atoms with Crippen molar-refractivity contribution in [1.29, 1.82) is 0 Å². The smallest absolute Gasteiger partial charge is 0.332 e. The van der Waals surface area contributed by atoms with Crippen LogP contribution in [0.4, 0.5) is 0 Å². The molecule has 0 bridgehead atoms. The second-order valence-corrected chi connectivity index (χ2v) is 3.99. The first-order valence-corrected chi connectivity index (χ1v) is 7.73. The average Bonchev–Trinajstić information content (AvgIpc) is 2.50. The van der Waals surface area contributed by atoms with Crippen LogP contribution < -0.4 is 0 Å². The number of rotatable bonds is 3. The Hall–Kier alpha value is -1.83. The van der Waals surface area contributed by atoms with E-state index in [1.165, 1.54) is 20.8 Å². The molecule has 0 spiro atoms. The molecule has 168 valence electrons. The Kier molecular flexibility index (Phi) is 52.3. The van der Waals surface area contributed by atoms with Gasteiger partial charge in [-0.25, -0.2) is 14.4 Å². The van der Waals surface area contributed by atoms with Crippen LogP contribution in [0.5, 0.6) is 0 Å². The highest BCUT2D eigenvalue weighted by molar-refractivity contribution is 5.71. The molecule has 0 saturated carbocycles. The lowest BCUT2D eigenvalue weighted by molar-refractivity contribution is -0.146. The van der Waals surface area contributed by atoms with Gasteiger partial charge in [0.25, 0.3) is 0 Å². The number of hydrogen-bond donors (Lipinski definition) is 9. The second kappa shape index (κ2) is 35.3. The van der Waals surface area contributed by atoms with Gasteiger partial charge in [0, 0.05) is 19.8 Å². The molecule has 0 aliphatic heterocycles. The van der Waals surface area contributed by atoms with Gasteiger partial charge < -0.3 is 46.0 Å². The Morgan fingerprint density at radius 1 is 0.556 bits per heavy atom. The monoisotopic (exact) mass is 408 g/mol. The quantitative estimate of drug-likeness (QED) is 0.255. The standard InChI is InChI=1S/3C3H6O3.3C2H6O/c3*1-2(4)3(5)6;3*1-2-3/h3*2,4H,1H3,(H,5,6);3*3H,2H2,1H3. The van der Waals surface area contributed by atoms with Crippen molar-refractivity contribution < 1.29 is 60.3 Å². The zero-order valence-electron chi connectivity index (χ0n) is 16.6. The van der Waals surface area contributed by atoms with E-state index < -0.39 is 36.2 Å². The van der Waals surface area contributed by atoms with Gasteiger partial charge in [0.1, 0.15) is 18.3 Å². The van der Waals surface area contributed by atoms with Crippen molar-refractivity contribution in [3.63, 3.8) is 0 Å². The van der Waals surface area contributed by atoms with Crippen molar-refractivity contribution in [2.24, 2.45) is 0 Å². The van der Waals surface area contributed by atoms with Crippen LogP contribution in [-0.4, -0.2) is 102 Å². The Bertz CT molecular complexity index is 256. The van der Waals surface area contributed by atoms with Gasteiger partial charge in [0.2, 0.25) is 0 Å². The molecule has 0 heterocycles. The third-order valence-electron chi connectivity index (χ3n) is 1.07. The first-order valence-electron chi connectivity index (χ1n) is 7.73. The molecular formula is C15H36O12. The molecule has 0 amide bonds. The van der Waals surface area contributed by atoms with Crippen molar-refractivity contribution in [2.75, 3.05) is 19.8 Å². The van der Waals surface area contributed by atoms with Crippen molar-refractivity contribution in [3.8, 4) is 0 Å². The Morgan fingerprint density at radius 2 is 0.593 bits per heavy atom. The highest BCUT2D eigenvalue weighted by atomic mass is 16.4. The Morgan fingerprint density at radius 3 is 0.593 bits per heavy atom. The summed E-state index contributed by atoms with van der Waals surface area (Å²) in [6.45, 7) is 9.38. The lowest BCUT2D eigenvalue weighted by Gasteiger charge is -1.89. The summed E-state index contributed by atoms with van der Waals surface area (Å²) in [6.07, 6.45) is -3.69. The fraction of sp³-hybridized carbons (Fsp3) is 0.800. The van der Waals surface area contributed by atoms with Gasteiger partial charge in [0.05, 0.1) is 0 Å². The van der Waals surface area contributed by atoms with Gasteiger partial charge in [-0.3, -0.25) is 0 Å². The summed E-state index contributed by atoms with van der Waals surface area (Å²) >= 11 is 0. The molecule has 0 aromatic rings. The molecule has 0 rings (SSSR count). The minimum atomic E-state index is -1.23. The van der Waals surface area contributed by atoms with E-state index in [-0.39, 0.29) is 19.8 Å². The van der Waals surface area contributed by atoms with E-state index in [9.17, 15) is 14.4 Å². The number of aliphatic carboxylic acids is 3. The van der Waals surface area contributed by atoms with Gasteiger partial charge in [-0.05, 0) is 41.5 Å². The van der Waals surface area contributed by atoms with Gasteiger partial charge in [-0.15, -0.1) is 0 Å². The van der Waals surface area contributed by atoms with Gasteiger partial charge in [-0.1, -0.05) is 0 Å². The van der Waals surface area contributed by atoms with Crippen LogP contribution in [-0.2, 0) is 14.4 Å². The van der Waals surface area contributed by atoms with E-state index in [4.69, 9.17) is 46.0 Å². The van der Waals surface area contributed by atoms with E-state index in [1.807, 2.05) is 0 Å².